The van der Waals surface area contributed by atoms with E-state index in [-0.39, 0.29) is 25.0 Å². The largest absolute Gasteiger partial charge is 0.484 e. The van der Waals surface area contributed by atoms with E-state index < -0.39 is 0 Å². The third-order valence-corrected chi connectivity index (χ3v) is 5.15. The molecule has 2 heterocycles. The van der Waals surface area contributed by atoms with Crippen LogP contribution in [0.3, 0.4) is 0 Å². The van der Waals surface area contributed by atoms with E-state index in [1.807, 2.05) is 6.92 Å². The number of benzene rings is 1. The van der Waals surface area contributed by atoms with Gasteiger partial charge >= 0.3 is 0 Å². The maximum absolute atomic E-state index is 12.3. The summed E-state index contributed by atoms with van der Waals surface area (Å²) in [5.41, 5.74) is 1.89. The summed E-state index contributed by atoms with van der Waals surface area (Å²) in [5, 5.41) is 10.8. The first-order valence-corrected chi connectivity index (χ1v) is 10.2. The van der Waals surface area contributed by atoms with Crippen LogP contribution < -0.4 is 15.4 Å². The molecule has 0 unspecified atom stereocenters. The van der Waals surface area contributed by atoms with Gasteiger partial charge in [-0.25, -0.2) is 4.68 Å². The van der Waals surface area contributed by atoms with E-state index in [9.17, 15) is 9.59 Å². The molecule has 1 aromatic heterocycles. The van der Waals surface area contributed by atoms with Crippen LogP contribution in [0.1, 0.15) is 24.6 Å². The number of carbonyl (C=O) groups excluding carboxylic acids is 2. The molecule has 1 aliphatic rings. The lowest BCUT2D eigenvalue weighted by molar-refractivity contribution is -0.122. The predicted octanol–water partition coefficient (Wildman–Crippen LogP) is 2.83. The second kappa shape index (κ2) is 9.14. The number of ether oxygens (including phenoxy) is 1. The van der Waals surface area contributed by atoms with Crippen molar-refractivity contribution in [1.82, 2.24) is 15.1 Å². The SMILES string of the molecule is CCCNC(=O)Cn1nc2c(c1NC(=O)COc1ccc(Cl)cc1)CSC2. The minimum Gasteiger partial charge on any atom is -0.484 e. The van der Waals surface area contributed by atoms with Crippen LogP contribution in [0, 0.1) is 0 Å². The lowest BCUT2D eigenvalue weighted by Crippen LogP contribution is -2.30. The highest BCUT2D eigenvalue weighted by Gasteiger charge is 2.25. The summed E-state index contributed by atoms with van der Waals surface area (Å²) < 4.78 is 7.05. The fourth-order valence-electron chi connectivity index (χ4n) is 2.62. The van der Waals surface area contributed by atoms with Crippen molar-refractivity contribution in [3.05, 3.63) is 40.5 Å². The zero-order valence-electron chi connectivity index (χ0n) is 15.0. The fraction of sp³-hybridized carbons (Fsp3) is 0.389. The van der Waals surface area contributed by atoms with Gasteiger partial charge in [0.2, 0.25) is 5.91 Å². The Bertz CT molecular complexity index is 823. The highest BCUT2D eigenvalue weighted by molar-refractivity contribution is 7.98. The number of aromatic nitrogens is 2. The zero-order chi connectivity index (χ0) is 19.2. The van der Waals surface area contributed by atoms with E-state index in [2.05, 4.69) is 15.7 Å². The van der Waals surface area contributed by atoms with E-state index in [1.165, 1.54) is 0 Å². The number of amides is 2. The number of nitrogens with one attached hydrogen (secondary N) is 2. The van der Waals surface area contributed by atoms with Crippen molar-refractivity contribution in [3.63, 3.8) is 0 Å². The molecule has 2 N–H and O–H groups in total. The molecule has 7 nitrogen and oxygen atoms in total. The number of fused-ring (bicyclic) bond motifs is 1. The van der Waals surface area contributed by atoms with Gasteiger partial charge in [0.15, 0.2) is 6.61 Å². The number of nitrogens with zero attached hydrogens (tertiary/aromatic N) is 2. The zero-order valence-corrected chi connectivity index (χ0v) is 16.5. The van der Waals surface area contributed by atoms with Crippen molar-refractivity contribution in [1.29, 1.82) is 0 Å². The molecule has 0 fully saturated rings. The maximum Gasteiger partial charge on any atom is 0.263 e. The summed E-state index contributed by atoms with van der Waals surface area (Å²) in [4.78, 5) is 24.4. The number of thioether (sulfide) groups is 1. The van der Waals surface area contributed by atoms with Crippen LogP contribution in [0.2, 0.25) is 5.02 Å². The molecule has 0 spiro atoms. The molecule has 27 heavy (non-hydrogen) atoms. The Labute approximate surface area is 166 Å². The van der Waals surface area contributed by atoms with E-state index in [4.69, 9.17) is 16.3 Å². The van der Waals surface area contributed by atoms with Crippen LogP contribution in [-0.2, 0) is 27.6 Å². The summed E-state index contributed by atoms with van der Waals surface area (Å²) in [5.74, 6) is 2.25. The van der Waals surface area contributed by atoms with E-state index in [1.54, 1.807) is 40.7 Å². The minimum atomic E-state index is -0.306. The minimum absolute atomic E-state index is 0.0747. The highest BCUT2D eigenvalue weighted by Crippen LogP contribution is 2.34. The molecule has 1 aliphatic heterocycles. The van der Waals surface area contributed by atoms with Crippen LogP contribution in [-0.4, -0.2) is 34.7 Å². The molecule has 144 valence electrons. The molecule has 1 aromatic carbocycles. The van der Waals surface area contributed by atoms with Crippen molar-refractivity contribution in [2.45, 2.75) is 31.4 Å². The molecule has 0 radical (unpaired) electrons. The Hall–Kier alpha value is -2.19. The first-order chi connectivity index (χ1) is 13.1. The third-order valence-electron chi connectivity index (χ3n) is 3.93. The summed E-state index contributed by atoms with van der Waals surface area (Å²) in [6, 6.07) is 6.80. The van der Waals surface area contributed by atoms with Crippen molar-refractivity contribution in [2.75, 3.05) is 18.5 Å². The maximum atomic E-state index is 12.3. The summed E-state index contributed by atoms with van der Waals surface area (Å²) in [6.07, 6.45) is 0.865. The Morgan fingerprint density at radius 2 is 2.04 bits per heavy atom. The molecule has 0 atom stereocenters. The first-order valence-electron chi connectivity index (χ1n) is 8.68. The average molecular weight is 409 g/mol. The third kappa shape index (κ3) is 5.17. The van der Waals surface area contributed by atoms with Crippen LogP contribution in [0.4, 0.5) is 5.82 Å². The topological polar surface area (TPSA) is 85.3 Å². The van der Waals surface area contributed by atoms with Gasteiger partial charge in [-0.1, -0.05) is 18.5 Å². The van der Waals surface area contributed by atoms with Crippen LogP contribution in [0.5, 0.6) is 5.75 Å². The molecule has 0 bridgehead atoms. The number of anilines is 1. The van der Waals surface area contributed by atoms with Gasteiger partial charge in [0.25, 0.3) is 5.91 Å². The quantitative estimate of drug-likeness (QED) is 0.701. The first kappa shape index (κ1) is 19.6. The van der Waals surface area contributed by atoms with E-state index in [0.29, 0.717) is 23.1 Å². The Kier molecular flexibility index (Phi) is 6.63. The van der Waals surface area contributed by atoms with E-state index in [0.717, 1.165) is 29.2 Å². The molecule has 0 saturated carbocycles. The predicted molar refractivity (Wildman–Crippen MR) is 106 cm³/mol. The number of carbonyl (C=O) groups is 2. The second-order valence-corrected chi connectivity index (χ2v) is 7.49. The van der Waals surface area contributed by atoms with Gasteiger partial charge in [-0.05, 0) is 30.7 Å². The van der Waals surface area contributed by atoms with Crippen LogP contribution in [0.15, 0.2) is 24.3 Å². The molecular formula is C18H21ClN4O3S. The lowest BCUT2D eigenvalue weighted by Gasteiger charge is -2.12. The van der Waals surface area contributed by atoms with Gasteiger partial charge in [-0.2, -0.15) is 16.9 Å². The molecule has 2 aromatic rings. The number of hydrogen-bond acceptors (Lipinski definition) is 5. The molecule has 9 heteroatoms. The number of rotatable bonds is 8. The average Bonchev–Trinajstić information content (AvgIpc) is 3.22. The summed E-state index contributed by atoms with van der Waals surface area (Å²) in [7, 11) is 0. The van der Waals surface area contributed by atoms with Crippen LogP contribution >= 0.6 is 23.4 Å². The Morgan fingerprint density at radius 3 is 2.78 bits per heavy atom. The number of hydrogen-bond donors (Lipinski definition) is 2. The second-order valence-electron chi connectivity index (χ2n) is 6.07. The normalized spacial score (nSPS) is 12.5. The standard InChI is InChI=1S/C18H21ClN4O3S/c1-2-7-20-16(24)8-23-18(14-10-27-11-15(14)22-23)21-17(25)9-26-13-5-3-12(19)4-6-13/h3-6H,2,7-11H2,1H3,(H,20,24)(H,21,25). The molecular weight excluding hydrogens is 388 g/mol. The molecule has 2 amide bonds. The monoisotopic (exact) mass is 408 g/mol. The van der Waals surface area contributed by atoms with Gasteiger partial charge in [-0.15, -0.1) is 0 Å². The lowest BCUT2D eigenvalue weighted by atomic mass is 10.3. The molecule has 3 rings (SSSR count). The van der Waals surface area contributed by atoms with Gasteiger partial charge in [0, 0.05) is 28.6 Å². The van der Waals surface area contributed by atoms with Gasteiger partial charge in [0.05, 0.1) is 5.69 Å². The summed E-state index contributed by atoms with van der Waals surface area (Å²) >= 11 is 7.57. The van der Waals surface area contributed by atoms with Crippen molar-refractivity contribution in [2.24, 2.45) is 0 Å². The van der Waals surface area contributed by atoms with Crippen molar-refractivity contribution < 1.29 is 14.3 Å². The van der Waals surface area contributed by atoms with Gasteiger partial charge in [0.1, 0.15) is 18.1 Å². The van der Waals surface area contributed by atoms with E-state index >= 15 is 0 Å². The smallest absolute Gasteiger partial charge is 0.263 e. The Morgan fingerprint density at radius 1 is 1.26 bits per heavy atom. The van der Waals surface area contributed by atoms with Crippen LogP contribution in [0.25, 0.3) is 0 Å². The fourth-order valence-corrected chi connectivity index (χ4v) is 3.79. The number of halogens is 1. The van der Waals surface area contributed by atoms with Gasteiger partial charge in [-0.3, -0.25) is 9.59 Å². The van der Waals surface area contributed by atoms with Crippen molar-refractivity contribution in [3.8, 4) is 5.75 Å². The molecule has 0 saturated heterocycles. The van der Waals surface area contributed by atoms with Crippen molar-refractivity contribution >= 4 is 41.0 Å². The van der Waals surface area contributed by atoms with Gasteiger partial charge < -0.3 is 15.4 Å². The summed E-state index contributed by atoms with van der Waals surface area (Å²) in [6.45, 7) is 2.54. The Balaban J connectivity index is 1.64. The molecule has 0 aliphatic carbocycles. The highest BCUT2D eigenvalue weighted by atomic mass is 35.5.